The van der Waals surface area contributed by atoms with Crippen LogP contribution in [0.2, 0.25) is 0 Å². The van der Waals surface area contributed by atoms with E-state index in [0.29, 0.717) is 0 Å². The van der Waals surface area contributed by atoms with Gasteiger partial charge in [-0.1, -0.05) is 24.3 Å². The second-order valence-electron chi connectivity index (χ2n) is 2.76. The molecule has 2 nitrogen and oxygen atoms in total. The van der Waals surface area contributed by atoms with Gasteiger partial charge in [0.2, 0.25) is 0 Å². The summed E-state index contributed by atoms with van der Waals surface area (Å²) in [6.45, 7) is 2.04. The van der Waals surface area contributed by atoms with Gasteiger partial charge in [0.1, 0.15) is 6.10 Å². The third-order valence-corrected chi connectivity index (χ3v) is 1.99. The molecule has 1 aromatic carbocycles. The first-order valence-corrected chi connectivity index (χ1v) is 3.98. The highest BCUT2D eigenvalue weighted by Gasteiger charge is 2.09. The minimum absolute atomic E-state index is 0.0291. The summed E-state index contributed by atoms with van der Waals surface area (Å²) in [5.41, 5.74) is 2.21. The maximum atomic E-state index is 8.98. The standard InChI is InChI=1S/C10H14O2/c1-8-5-3-4-6-9(8)10(7-11)12-2/h3-6,10-11H,7H2,1-2H3. The maximum absolute atomic E-state index is 8.98. The van der Waals surface area contributed by atoms with E-state index in [2.05, 4.69) is 0 Å². The fourth-order valence-electron chi connectivity index (χ4n) is 1.25. The molecular weight excluding hydrogens is 152 g/mol. The summed E-state index contributed by atoms with van der Waals surface area (Å²) in [7, 11) is 1.60. The number of ether oxygens (including phenoxy) is 1. The Balaban J connectivity index is 2.92. The molecule has 0 aliphatic carbocycles. The minimum atomic E-state index is -0.189. The van der Waals surface area contributed by atoms with E-state index in [0.717, 1.165) is 11.1 Å². The molecule has 0 amide bonds. The number of methoxy groups -OCH3 is 1. The van der Waals surface area contributed by atoms with Crippen LogP contribution in [0.15, 0.2) is 24.3 Å². The molecule has 1 atom stereocenters. The van der Waals surface area contributed by atoms with Crippen LogP contribution < -0.4 is 0 Å². The summed E-state index contributed by atoms with van der Waals surface area (Å²) >= 11 is 0. The molecule has 0 aliphatic rings. The second-order valence-corrected chi connectivity index (χ2v) is 2.76. The number of aryl methyl sites for hydroxylation is 1. The molecule has 0 radical (unpaired) electrons. The molecule has 0 fully saturated rings. The van der Waals surface area contributed by atoms with E-state index in [1.165, 1.54) is 0 Å². The molecule has 66 valence electrons. The van der Waals surface area contributed by atoms with Crippen molar-refractivity contribution in [2.75, 3.05) is 13.7 Å². The average molecular weight is 166 g/mol. The van der Waals surface area contributed by atoms with Crippen molar-refractivity contribution >= 4 is 0 Å². The van der Waals surface area contributed by atoms with E-state index < -0.39 is 0 Å². The van der Waals surface area contributed by atoms with Crippen molar-refractivity contribution in [2.45, 2.75) is 13.0 Å². The predicted octanol–water partition coefficient (Wildman–Crippen LogP) is 1.67. The number of hydrogen-bond donors (Lipinski definition) is 1. The van der Waals surface area contributed by atoms with Crippen molar-refractivity contribution in [2.24, 2.45) is 0 Å². The van der Waals surface area contributed by atoms with Gasteiger partial charge in [0.15, 0.2) is 0 Å². The van der Waals surface area contributed by atoms with Crippen LogP contribution in [-0.4, -0.2) is 18.8 Å². The Morgan fingerprint density at radius 2 is 2.08 bits per heavy atom. The fourth-order valence-corrected chi connectivity index (χ4v) is 1.25. The Hall–Kier alpha value is -0.860. The van der Waals surface area contributed by atoms with Crippen LogP contribution in [0, 0.1) is 6.92 Å². The molecule has 12 heavy (non-hydrogen) atoms. The third kappa shape index (κ3) is 1.84. The Morgan fingerprint density at radius 3 is 2.58 bits per heavy atom. The van der Waals surface area contributed by atoms with Crippen LogP contribution in [0.3, 0.4) is 0 Å². The number of aliphatic hydroxyl groups excluding tert-OH is 1. The van der Waals surface area contributed by atoms with E-state index in [1.807, 2.05) is 31.2 Å². The number of rotatable bonds is 3. The third-order valence-electron chi connectivity index (χ3n) is 1.99. The van der Waals surface area contributed by atoms with Crippen molar-refractivity contribution in [3.63, 3.8) is 0 Å². The Bertz CT molecular complexity index is 241. The van der Waals surface area contributed by atoms with E-state index in [4.69, 9.17) is 9.84 Å². The van der Waals surface area contributed by atoms with Crippen molar-refractivity contribution in [1.82, 2.24) is 0 Å². The van der Waals surface area contributed by atoms with Gasteiger partial charge in [-0.2, -0.15) is 0 Å². The lowest BCUT2D eigenvalue weighted by molar-refractivity contribution is 0.0480. The molecule has 0 saturated carbocycles. The van der Waals surface area contributed by atoms with Gasteiger partial charge in [-0.15, -0.1) is 0 Å². The molecule has 0 bridgehead atoms. The van der Waals surface area contributed by atoms with Crippen LogP contribution >= 0.6 is 0 Å². The molecule has 1 N–H and O–H groups in total. The summed E-state index contributed by atoms with van der Waals surface area (Å²) in [4.78, 5) is 0. The molecular formula is C10H14O2. The smallest absolute Gasteiger partial charge is 0.105 e. The Labute approximate surface area is 72.8 Å². The quantitative estimate of drug-likeness (QED) is 0.740. The Kier molecular flexibility index (Phi) is 3.26. The molecule has 0 aliphatic heterocycles. The minimum Gasteiger partial charge on any atom is -0.393 e. The summed E-state index contributed by atoms with van der Waals surface area (Å²) in [5.74, 6) is 0. The molecule has 1 unspecified atom stereocenters. The molecule has 2 heteroatoms. The van der Waals surface area contributed by atoms with E-state index in [1.54, 1.807) is 7.11 Å². The highest BCUT2D eigenvalue weighted by Crippen LogP contribution is 2.19. The number of aliphatic hydroxyl groups is 1. The Morgan fingerprint density at radius 1 is 1.42 bits per heavy atom. The van der Waals surface area contributed by atoms with Gasteiger partial charge in [0.05, 0.1) is 6.61 Å². The lowest BCUT2D eigenvalue weighted by atomic mass is 10.0. The molecule has 0 heterocycles. The predicted molar refractivity (Wildman–Crippen MR) is 48.0 cm³/mol. The lowest BCUT2D eigenvalue weighted by Gasteiger charge is -2.14. The topological polar surface area (TPSA) is 29.5 Å². The van der Waals surface area contributed by atoms with Crippen molar-refractivity contribution in [3.05, 3.63) is 35.4 Å². The highest BCUT2D eigenvalue weighted by atomic mass is 16.5. The van der Waals surface area contributed by atoms with Gasteiger partial charge in [0, 0.05) is 7.11 Å². The van der Waals surface area contributed by atoms with Crippen LogP contribution in [0.5, 0.6) is 0 Å². The maximum Gasteiger partial charge on any atom is 0.105 e. The van der Waals surface area contributed by atoms with Gasteiger partial charge in [-0.05, 0) is 18.1 Å². The van der Waals surface area contributed by atoms with Gasteiger partial charge in [-0.3, -0.25) is 0 Å². The summed E-state index contributed by atoms with van der Waals surface area (Å²) < 4.78 is 5.12. The van der Waals surface area contributed by atoms with Crippen LogP contribution in [-0.2, 0) is 4.74 Å². The largest absolute Gasteiger partial charge is 0.393 e. The summed E-state index contributed by atoms with van der Waals surface area (Å²) in [5, 5.41) is 8.98. The molecule has 1 rings (SSSR count). The number of hydrogen-bond acceptors (Lipinski definition) is 2. The molecule has 1 aromatic rings. The molecule has 0 saturated heterocycles. The average Bonchev–Trinajstić information content (AvgIpc) is 2.10. The van der Waals surface area contributed by atoms with Crippen LogP contribution in [0.25, 0.3) is 0 Å². The normalized spacial score (nSPS) is 12.9. The van der Waals surface area contributed by atoms with Gasteiger partial charge >= 0.3 is 0 Å². The monoisotopic (exact) mass is 166 g/mol. The van der Waals surface area contributed by atoms with E-state index >= 15 is 0 Å². The molecule has 0 spiro atoms. The SMILES string of the molecule is COC(CO)c1ccccc1C. The van der Waals surface area contributed by atoms with Gasteiger partial charge < -0.3 is 9.84 Å². The zero-order chi connectivity index (χ0) is 8.97. The van der Waals surface area contributed by atoms with Crippen molar-refractivity contribution in [1.29, 1.82) is 0 Å². The lowest BCUT2D eigenvalue weighted by Crippen LogP contribution is -2.07. The zero-order valence-electron chi connectivity index (χ0n) is 7.45. The summed E-state index contributed by atoms with van der Waals surface area (Å²) in [6, 6.07) is 7.91. The van der Waals surface area contributed by atoms with Crippen molar-refractivity contribution in [3.8, 4) is 0 Å². The fraction of sp³-hybridized carbons (Fsp3) is 0.400. The first-order chi connectivity index (χ1) is 5.79. The van der Waals surface area contributed by atoms with E-state index in [9.17, 15) is 0 Å². The van der Waals surface area contributed by atoms with Crippen LogP contribution in [0.1, 0.15) is 17.2 Å². The first-order valence-electron chi connectivity index (χ1n) is 3.98. The first kappa shape index (κ1) is 9.23. The van der Waals surface area contributed by atoms with Gasteiger partial charge in [-0.25, -0.2) is 0 Å². The highest BCUT2D eigenvalue weighted by molar-refractivity contribution is 5.27. The summed E-state index contributed by atoms with van der Waals surface area (Å²) in [6.07, 6.45) is -0.189. The van der Waals surface area contributed by atoms with E-state index in [-0.39, 0.29) is 12.7 Å². The van der Waals surface area contributed by atoms with Gasteiger partial charge in [0.25, 0.3) is 0 Å². The zero-order valence-corrected chi connectivity index (χ0v) is 7.45. The molecule has 0 aromatic heterocycles. The van der Waals surface area contributed by atoms with Crippen molar-refractivity contribution < 1.29 is 9.84 Å². The number of benzene rings is 1. The van der Waals surface area contributed by atoms with Crippen LogP contribution in [0.4, 0.5) is 0 Å². The second kappa shape index (κ2) is 4.24.